The van der Waals surface area contributed by atoms with E-state index in [0.717, 1.165) is 0 Å². The van der Waals surface area contributed by atoms with Gasteiger partial charge in [-0.3, -0.25) is 4.79 Å². The smallest absolute Gasteiger partial charge is 0.224 e. The van der Waals surface area contributed by atoms with Crippen LogP contribution in [0.25, 0.3) is 0 Å². The molecular formula is C8H18N2O2. The lowest BCUT2D eigenvalue weighted by Crippen LogP contribution is -2.40. The molecule has 0 rings (SSSR count). The number of ether oxygens (including phenoxy) is 1. The minimum atomic E-state index is -0.121. The Bertz CT molecular complexity index is 139. The minimum absolute atomic E-state index is 0.0120. The lowest BCUT2D eigenvalue weighted by molar-refractivity contribution is -0.125. The maximum atomic E-state index is 11.2. The zero-order valence-electron chi connectivity index (χ0n) is 7.96. The number of carbonyl (C=O) groups is 1. The molecule has 0 fully saturated rings. The van der Waals surface area contributed by atoms with Gasteiger partial charge in [-0.15, -0.1) is 0 Å². The van der Waals surface area contributed by atoms with E-state index in [2.05, 4.69) is 5.32 Å². The van der Waals surface area contributed by atoms with Crippen LogP contribution in [-0.4, -0.2) is 32.2 Å². The van der Waals surface area contributed by atoms with E-state index in [4.69, 9.17) is 10.5 Å². The third-order valence-electron chi connectivity index (χ3n) is 1.61. The molecule has 2 unspecified atom stereocenters. The van der Waals surface area contributed by atoms with Crippen molar-refractivity contribution in [2.24, 2.45) is 11.7 Å². The van der Waals surface area contributed by atoms with Crippen LogP contribution in [0.3, 0.4) is 0 Å². The summed E-state index contributed by atoms with van der Waals surface area (Å²) >= 11 is 0. The number of methoxy groups -OCH3 is 1. The fourth-order valence-corrected chi connectivity index (χ4v) is 0.784. The summed E-state index contributed by atoms with van der Waals surface area (Å²) in [6.45, 7) is 4.61. The van der Waals surface area contributed by atoms with Gasteiger partial charge in [0, 0.05) is 25.6 Å². The van der Waals surface area contributed by atoms with Gasteiger partial charge in [0.1, 0.15) is 0 Å². The second-order valence-corrected chi connectivity index (χ2v) is 3.00. The van der Waals surface area contributed by atoms with Crippen molar-refractivity contribution in [2.75, 3.05) is 20.3 Å². The zero-order chi connectivity index (χ0) is 9.56. The Morgan fingerprint density at radius 2 is 2.17 bits per heavy atom. The van der Waals surface area contributed by atoms with E-state index in [1.54, 1.807) is 14.0 Å². The summed E-state index contributed by atoms with van der Waals surface area (Å²) in [4.78, 5) is 11.2. The number of amides is 1. The third kappa shape index (κ3) is 4.31. The number of rotatable bonds is 5. The molecule has 0 spiro atoms. The van der Waals surface area contributed by atoms with E-state index < -0.39 is 0 Å². The van der Waals surface area contributed by atoms with E-state index in [-0.39, 0.29) is 17.9 Å². The quantitative estimate of drug-likeness (QED) is 0.603. The molecule has 4 heteroatoms. The molecule has 1 amide bonds. The molecule has 0 aromatic rings. The van der Waals surface area contributed by atoms with Gasteiger partial charge in [0.05, 0.1) is 6.61 Å². The maximum absolute atomic E-state index is 11.2. The van der Waals surface area contributed by atoms with Gasteiger partial charge < -0.3 is 15.8 Å². The highest BCUT2D eigenvalue weighted by molar-refractivity contribution is 5.78. The van der Waals surface area contributed by atoms with Gasteiger partial charge in [0.25, 0.3) is 0 Å². The van der Waals surface area contributed by atoms with Crippen LogP contribution in [0.2, 0.25) is 0 Å². The zero-order valence-corrected chi connectivity index (χ0v) is 7.96. The molecule has 0 saturated heterocycles. The van der Waals surface area contributed by atoms with Crippen LogP contribution in [0.4, 0.5) is 0 Å². The molecule has 0 radical (unpaired) electrons. The summed E-state index contributed by atoms with van der Waals surface area (Å²) in [5, 5.41) is 2.79. The van der Waals surface area contributed by atoms with E-state index in [0.29, 0.717) is 13.2 Å². The van der Waals surface area contributed by atoms with Crippen molar-refractivity contribution in [1.82, 2.24) is 5.32 Å². The van der Waals surface area contributed by atoms with Gasteiger partial charge >= 0.3 is 0 Å². The van der Waals surface area contributed by atoms with Gasteiger partial charge in [-0.05, 0) is 6.92 Å². The molecule has 0 aromatic heterocycles. The van der Waals surface area contributed by atoms with Crippen LogP contribution in [0.5, 0.6) is 0 Å². The van der Waals surface area contributed by atoms with Crippen molar-refractivity contribution in [3.63, 3.8) is 0 Å². The van der Waals surface area contributed by atoms with Gasteiger partial charge in [-0.2, -0.15) is 0 Å². The van der Waals surface area contributed by atoms with E-state index in [1.807, 2.05) is 6.92 Å². The number of hydrogen-bond donors (Lipinski definition) is 2. The predicted molar refractivity (Wildman–Crippen MR) is 47.7 cm³/mol. The molecule has 0 saturated carbocycles. The largest absolute Gasteiger partial charge is 0.383 e. The number of nitrogens with two attached hydrogens (primary N) is 1. The Labute approximate surface area is 73.5 Å². The summed E-state index contributed by atoms with van der Waals surface area (Å²) in [7, 11) is 1.61. The van der Waals surface area contributed by atoms with Crippen LogP contribution < -0.4 is 11.1 Å². The van der Waals surface area contributed by atoms with Crippen LogP contribution in [-0.2, 0) is 9.53 Å². The fraction of sp³-hybridized carbons (Fsp3) is 0.875. The molecule has 0 aliphatic carbocycles. The van der Waals surface area contributed by atoms with Gasteiger partial charge in [0.15, 0.2) is 0 Å². The molecule has 0 heterocycles. The first kappa shape index (κ1) is 11.4. The first-order chi connectivity index (χ1) is 5.61. The molecule has 3 N–H and O–H groups in total. The molecule has 2 atom stereocenters. The SMILES string of the molecule is COCC(C)NC(=O)C(C)CN. The lowest BCUT2D eigenvalue weighted by Gasteiger charge is -2.15. The summed E-state index contributed by atoms with van der Waals surface area (Å²) in [6.07, 6.45) is 0. The van der Waals surface area contributed by atoms with Gasteiger partial charge in [-0.1, -0.05) is 6.92 Å². The van der Waals surface area contributed by atoms with Crippen LogP contribution in [0, 0.1) is 5.92 Å². The fourth-order valence-electron chi connectivity index (χ4n) is 0.784. The van der Waals surface area contributed by atoms with Crippen molar-refractivity contribution in [2.45, 2.75) is 19.9 Å². The summed E-state index contributed by atoms with van der Waals surface area (Å²) in [6, 6.07) is 0.0523. The Morgan fingerprint density at radius 3 is 2.58 bits per heavy atom. The molecule has 0 aliphatic rings. The highest BCUT2D eigenvalue weighted by Gasteiger charge is 2.12. The molecule has 0 bridgehead atoms. The Morgan fingerprint density at radius 1 is 1.58 bits per heavy atom. The number of nitrogens with one attached hydrogen (secondary N) is 1. The second-order valence-electron chi connectivity index (χ2n) is 3.00. The van der Waals surface area contributed by atoms with Crippen molar-refractivity contribution in [3.8, 4) is 0 Å². The van der Waals surface area contributed by atoms with Crippen molar-refractivity contribution in [1.29, 1.82) is 0 Å². The third-order valence-corrected chi connectivity index (χ3v) is 1.61. The molecule has 0 aliphatic heterocycles. The van der Waals surface area contributed by atoms with Crippen molar-refractivity contribution in [3.05, 3.63) is 0 Å². The molecule has 0 aromatic carbocycles. The lowest BCUT2D eigenvalue weighted by atomic mass is 10.1. The average molecular weight is 174 g/mol. The van der Waals surface area contributed by atoms with Crippen molar-refractivity contribution < 1.29 is 9.53 Å². The van der Waals surface area contributed by atoms with Crippen LogP contribution in [0.15, 0.2) is 0 Å². The maximum Gasteiger partial charge on any atom is 0.224 e. The molecule has 4 nitrogen and oxygen atoms in total. The second kappa shape index (κ2) is 5.97. The molecule has 12 heavy (non-hydrogen) atoms. The van der Waals surface area contributed by atoms with Crippen molar-refractivity contribution >= 4 is 5.91 Å². The van der Waals surface area contributed by atoms with Crippen LogP contribution in [0.1, 0.15) is 13.8 Å². The number of hydrogen-bond acceptors (Lipinski definition) is 3. The summed E-state index contributed by atoms with van der Waals surface area (Å²) < 4.78 is 4.87. The first-order valence-corrected chi connectivity index (χ1v) is 4.11. The van der Waals surface area contributed by atoms with Gasteiger partial charge in [-0.25, -0.2) is 0 Å². The monoisotopic (exact) mass is 174 g/mol. The van der Waals surface area contributed by atoms with E-state index in [1.165, 1.54) is 0 Å². The van der Waals surface area contributed by atoms with E-state index >= 15 is 0 Å². The summed E-state index contributed by atoms with van der Waals surface area (Å²) in [5.41, 5.74) is 5.33. The average Bonchev–Trinajstić information content (AvgIpc) is 2.03. The first-order valence-electron chi connectivity index (χ1n) is 4.11. The topological polar surface area (TPSA) is 64.3 Å². The Kier molecular flexibility index (Phi) is 5.66. The minimum Gasteiger partial charge on any atom is -0.383 e. The normalized spacial score (nSPS) is 15.3. The van der Waals surface area contributed by atoms with Crippen LogP contribution >= 0.6 is 0 Å². The summed E-state index contributed by atoms with van der Waals surface area (Å²) in [5.74, 6) is -0.133. The number of carbonyl (C=O) groups excluding carboxylic acids is 1. The Balaban J connectivity index is 3.67. The highest BCUT2D eigenvalue weighted by Crippen LogP contribution is 1.92. The van der Waals surface area contributed by atoms with E-state index in [9.17, 15) is 4.79 Å². The molecular weight excluding hydrogens is 156 g/mol. The molecule has 72 valence electrons. The van der Waals surface area contributed by atoms with Gasteiger partial charge in [0.2, 0.25) is 5.91 Å². The Hall–Kier alpha value is -0.610. The predicted octanol–water partition coefficient (Wildman–Crippen LogP) is -0.268. The standard InChI is InChI=1S/C8H18N2O2/c1-6(4-9)8(11)10-7(2)5-12-3/h6-7H,4-5,9H2,1-3H3,(H,10,11). The highest BCUT2D eigenvalue weighted by atomic mass is 16.5.